The van der Waals surface area contributed by atoms with Gasteiger partial charge in [-0.15, -0.1) is 0 Å². The van der Waals surface area contributed by atoms with E-state index in [9.17, 15) is 9.59 Å². The summed E-state index contributed by atoms with van der Waals surface area (Å²) in [4.78, 5) is 23.9. The normalized spacial score (nSPS) is 11.3. The molecule has 2 aromatic rings. The third-order valence-corrected chi connectivity index (χ3v) is 4.02. The highest BCUT2D eigenvalue weighted by Gasteiger charge is 2.16. The number of amides is 1. The lowest BCUT2D eigenvalue weighted by Gasteiger charge is -2.18. The Morgan fingerprint density at radius 3 is 2.29 bits per heavy atom. The molecular weight excluding hydrogens is 362 g/mol. The Balaban J connectivity index is 1.93. The van der Waals surface area contributed by atoms with E-state index in [-0.39, 0.29) is 18.6 Å². The van der Waals surface area contributed by atoms with Gasteiger partial charge >= 0.3 is 5.97 Å². The minimum Gasteiger partial charge on any atom is -0.497 e. The molecule has 0 aliphatic heterocycles. The van der Waals surface area contributed by atoms with E-state index in [1.165, 1.54) is 0 Å². The fraction of sp³-hybridized carbons (Fsp3) is 0.333. The van der Waals surface area contributed by atoms with Crippen molar-refractivity contribution >= 4 is 11.9 Å². The molecule has 28 heavy (non-hydrogen) atoms. The molecule has 1 amide bonds. The highest BCUT2D eigenvalue weighted by atomic mass is 16.5. The molecule has 0 radical (unpaired) electrons. The lowest BCUT2D eigenvalue weighted by atomic mass is 10.1. The van der Waals surface area contributed by atoms with Crippen LogP contribution in [0.3, 0.4) is 0 Å². The number of hydrogen-bond acceptors (Lipinski definition) is 6. The summed E-state index contributed by atoms with van der Waals surface area (Å²) in [5.41, 5.74) is 1.23. The topological polar surface area (TPSA) is 83.1 Å². The van der Waals surface area contributed by atoms with Crippen LogP contribution in [0.1, 0.15) is 35.8 Å². The molecule has 0 unspecified atom stereocenters. The maximum atomic E-state index is 12.2. The summed E-state index contributed by atoms with van der Waals surface area (Å²) in [6.07, 6.45) is 0. The van der Waals surface area contributed by atoms with Gasteiger partial charge in [-0.1, -0.05) is 0 Å². The average Bonchev–Trinajstić information content (AvgIpc) is 2.72. The van der Waals surface area contributed by atoms with Crippen LogP contribution in [0.4, 0.5) is 0 Å². The van der Waals surface area contributed by atoms with Crippen molar-refractivity contribution in [1.29, 1.82) is 0 Å². The molecule has 0 spiro atoms. The van der Waals surface area contributed by atoms with Gasteiger partial charge in [-0.3, -0.25) is 4.79 Å². The number of ether oxygens (including phenoxy) is 4. The predicted molar refractivity (Wildman–Crippen MR) is 104 cm³/mol. The Morgan fingerprint density at radius 1 is 1.00 bits per heavy atom. The van der Waals surface area contributed by atoms with Gasteiger partial charge in [0.2, 0.25) is 0 Å². The van der Waals surface area contributed by atoms with Crippen LogP contribution in [0.2, 0.25) is 0 Å². The summed E-state index contributed by atoms with van der Waals surface area (Å²) < 4.78 is 21.0. The fourth-order valence-electron chi connectivity index (χ4n) is 2.59. The van der Waals surface area contributed by atoms with Gasteiger partial charge in [-0.25, -0.2) is 4.79 Å². The lowest BCUT2D eigenvalue weighted by Crippen LogP contribution is -2.31. The fourth-order valence-corrected chi connectivity index (χ4v) is 2.59. The first kappa shape index (κ1) is 21.1. The summed E-state index contributed by atoms with van der Waals surface area (Å²) >= 11 is 0. The summed E-state index contributed by atoms with van der Waals surface area (Å²) in [5, 5.41) is 2.87. The van der Waals surface area contributed by atoms with Crippen LogP contribution in [0.15, 0.2) is 42.5 Å². The van der Waals surface area contributed by atoms with Gasteiger partial charge in [0.25, 0.3) is 5.91 Å². The van der Waals surface area contributed by atoms with Gasteiger partial charge in [0.15, 0.2) is 6.61 Å². The Morgan fingerprint density at radius 2 is 1.68 bits per heavy atom. The van der Waals surface area contributed by atoms with Crippen LogP contribution < -0.4 is 19.5 Å². The van der Waals surface area contributed by atoms with Crippen LogP contribution in [0.25, 0.3) is 0 Å². The quantitative estimate of drug-likeness (QED) is 0.666. The molecule has 0 aliphatic carbocycles. The van der Waals surface area contributed by atoms with E-state index in [0.717, 1.165) is 5.56 Å². The van der Waals surface area contributed by atoms with Gasteiger partial charge in [-0.05, 0) is 56.3 Å². The van der Waals surface area contributed by atoms with E-state index in [2.05, 4.69) is 5.32 Å². The maximum absolute atomic E-state index is 12.2. The second-order valence-electron chi connectivity index (χ2n) is 5.93. The van der Waals surface area contributed by atoms with Crippen molar-refractivity contribution < 1.29 is 28.5 Å². The zero-order chi connectivity index (χ0) is 20.5. The standard InChI is InChI=1S/C21H25NO6/c1-5-27-21(24)15-6-8-16(9-7-15)28-13-20(23)22-14(2)18-12-17(25-3)10-11-19(18)26-4/h6-12,14H,5,13H2,1-4H3,(H,22,23)/t14-/m1/s1. The lowest BCUT2D eigenvalue weighted by molar-refractivity contribution is -0.123. The highest BCUT2D eigenvalue weighted by molar-refractivity contribution is 5.89. The molecule has 0 heterocycles. The van der Waals surface area contributed by atoms with Crippen LogP contribution in [0, 0.1) is 0 Å². The molecule has 0 aliphatic rings. The number of esters is 1. The second kappa shape index (κ2) is 10.2. The Bertz CT molecular complexity index is 803. The summed E-state index contributed by atoms with van der Waals surface area (Å²) in [6.45, 7) is 3.75. The minimum absolute atomic E-state index is 0.157. The largest absolute Gasteiger partial charge is 0.497 e. The first-order valence-electron chi connectivity index (χ1n) is 8.89. The monoisotopic (exact) mass is 387 g/mol. The number of rotatable bonds is 9. The zero-order valence-corrected chi connectivity index (χ0v) is 16.5. The Labute approximate surface area is 164 Å². The number of carbonyl (C=O) groups excluding carboxylic acids is 2. The first-order valence-corrected chi connectivity index (χ1v) is 8.89. The van der Waals surface area contributed by atoms with E-state index in [1.807, 2.05) is 13.0 Å². The van der Waals surface area contributed by atoms with Crippen molar-refractivity contribution in [2.45, 2.75) is 19.9 Å². The second-order valence-corrected chi connectivity index (χ2v) is 5.93. The molecule has 7 heteroatoms. The minimum atomic E-state index is -0.396. The number of hydrogen-bond donors (Lipinski definition) is 1. The van der Waals surface area contributed by atoms with E-state index in [1.54, 1.807) is 57.5 Å². The van der Waals surface area contributed by atoms with Gasteiger partial charge in [0, 0.05) is 5.56 Å². The molecule has 1 N–H and O–H groups in total. The van der Waals surface area contributed by atoms with Crippen LogP contribution in [0.5, 0.6) is 17.2 Å². The van der Waals surface area contributed by atoms with Crippen molar-refractivity contribution in [3.05, 3.63) is 53.6 Å². The number of benzene rings is 2. The zero-order valence-electron chi connectivity index (χ0n) is 16.5. The summed E-state index contributed by atoms with van der Waals surface area (Å²) in [6, 6.07) is 11.5. The highest BCUT2D eigenvalue weighted by Crippen LogP contribution is 2.29. The molecular formula is C21H25NO6. The van der Waals surface area contributed by atoms with Crippen LogP contribution >= 0.6 is 0 Å². The van der Waals surface area contributed by atoms with Crippen molar-refractivity contribution in [3.8, 4) is 17.2 Å². The average molecular weight is 387 g/mol. The number of carbonyl (C=O) groups is 2. The van der Waals surface area contributed by atoms with E-state index in [4.69, 9.17) is 18.9 Å². The van der Waals surface area contributed by atoms with Gasteiger partial charge in [0.1, 0.15) is 17.2 Å². The van der Waals surface area contributed by atoms with Gasteiger partial charge in [-0.2, -0.15) is 0 Å². The maximum Gasteiger partial charge on any atom is 0.338 e. The molecule has 2 aromatic carbocycles. The van der Waals surface area contributed by atoms with Crippen molar-refractivity contribution in [2.24, 2.45) is 0 Å². The van der Waals surface area contributed by atoms with Gasteiger partial charge in [0.05, 0.1) is 32.4 Å². The molecule has 0 aromatic heterocycles. The number of methoxy groups -OCH3 is 2. The summed E-state index contributed by atoms with van der Waals surface area (Å²) in [7, 11) is 3.15. The predicted octanol–water partition coefficient (Wildman–Crippen LogP) is 3.14. The van der Waals surface area contributed by atoms with Crippen LogP contribution in [-0.4, -0.2) is 39.3 Å². The third kappa shape index (κ3) is 5.64. The van der Waals surface area contributed by atoms with E-state index < -0.39 is 5.97 Å². The summed E-state index contributed by atoms with van der Waals surface area (Å²) in [5.74, 6) is 1.13. The van der Waals surface area contributed by atoms with Crippen LogP contribution in [-0.2, 0) is 9.53 Å². The van der Waals surface area contributed by atoms with E-state index >= 15 is 0 Å². The van der Waals surface area contributed by atoms with Crippen molar-refractivity contribution in [2.75, 3.05) is 27.4 Å². The first-order chi connectivity index (χ1) is 13.5. The molecule has 7 nitrogen and oxygen atoms in total. The SMILES string of the molecule is CCOC(=O)c1ccc(OCC(=O)N[C@H](C)c2cc(OC)ccc2OC)cc1. The molecule has 0 saturated heterocycles. The van der Waals surface area contributed by atoms with Crippen molar-refractivity contribution in [1.82, 2.24) is 5.32 Å². The van der Waals surface area contributed by atoms with E-state index in [0.29, 0.717) is 29.4 Å². The Kier molecular flexibility index (Phi) is 7.68. The molecule has 1 atom stereocenters. The number of nitrogens with one attached hydrogen (secondary N) is 1. The molecule has 150 valence electrons. The third-order valence-electron chi connectivity index (χ3n) is 4.02. The molecule has 0 bridgehead atoms. The molecule has 2 rings (SSSR count). The van der Waals surface area contributed by atoms with Crippen molar-refractivity contribution in [3.63, 3.8) is 0 Å². The Hall–Kier alpha value is -3.22. The molecule has 0 fully saturated rings. The van der Waals surface area contributed by atoms with Gasteiger partial charge < -0.3 is 24.3 Å². The smallest absolute Gasteiger partial charge is 0.338 e. The molecule has 0 saturated carbocycles.